The van der Waals surface area contributed by atoms with Gasteiger partial charge < -0.3 is 20.5 Å². The molecule has 224 valence electrons. The number of methoxy groups -OCH3 is 1. The van der Waals surface area contributed by atoms with Gasteiger partial charge in [-0.25, -0.2) is 8.42 Å². The molecule has 0 heterocycles. The molecule has 0 aromatic heterocycles. The Morgan fingerprint density at radius 1 is 1.07 bits per heavy atom. The van der Waals surface area contributed by atoms with Crippen LogP contribution in [0.4, 0.5) is 5.69 Å². The molecule has 0 bridgehead atoms. The number of amides is 2. The minimum Gasteiger partial charge on any atom is -0.497 e. The quantitative estimate of drug-likeness (QED) is 0.172. The van der Waals surface area contributed by atoms with Gasteiger partial charge in [-0.3, -0.25) is 18.6 Å². The number of rotatable bonds is 15. The van der Waals surface area contributed by atoms with Gasteiger partial charge in [0.15, 0.2) is 5.78 Å². The highest BCUT2D eigenvalue weighted by Crippen LogP contribution is 2.24. The molecule has 14 heteroatoms. The van der Waals surface area contributed by atoms with Gasteiger partial charge in [0.25, 0.3) is 11.8 Å². The van der Waals surface area contributed by atoms with Crippen LogP contribution in [0, 0.1) is 0 Å². The van der Waals surface area contributed by atoms with E-state index in [2.05, 4.69) is 28.0 Å². The Morgan fingerprint density at radius 2 is 1.63 bits per heavy atom. The van der Waals surface area contributed by atoms with Gasteiger partial charge in [-0.2, -0.15) is 0 Å². The Balaban J connectivity index is 2.27. The van der Waals surface area contributed by atoms with Crippen molar-refractivity contribution >= 4 is 67.2 Å². The molecule has 0 aliphatic carbocycles. The third-order valence-electron chi connectivity index (χ3n) is 6.14. The fourth-order valence-corrected chi connectivity index (χ4v) is 6.00. The van der Waals surface area contributed by atoms with Crippen molar-refractivity contribution in [1.82, 2.24) is 15.4 Å². The van der Waals surface area contributed by atoms with Crippen LogP contribution in [0.5, 0.6) is 5.75 Å². The van der Waals surface area contributed by atoms with Crippen molar-refractivity contribution < 1.29 is 27.9 Å². The standard InChI is InChI=1S/C27H38N4O6P2S2/c1-18(39(6)7)29-26(33)19-13-20(15-21(14-19)31(2)41(8,35)36)27(34)30-24(17-38(4)5)25(32)16-28-40-23-11-9-22(37-3)10-12-23/h9-15,18,24-25,28,32H,4,6,16-17H2,1-3,5,7-8H3/p+2. The minimum absolute atomic E-state index is 0.0893. The highest BCUT2D eigenvalue weighted by Gasteiger charge is 2.27. The third-order valence-corrected chi connectivity index (χ3v) is 10.6. The number of nitrogens with zero attached hydrogens (tertiary/aromatic N) is 1. The molecule has 2 aromatic carbocycles. The molecule has 2 rings (SSSR count). The van der Waals surface area contributed by atoms with E-state index in [1.165, 1.54) is 37.2 Å². The fraction of sp³-hybridized carbons (Fsp3) is 0.407. The van der Waals surface area contributed by atoms with Gasteiger partial charge in [-0.05, 0) is 61.3 Å². The van der Waals surface area contributed by atoms with E-state index in [1.807, 2.05) is 44.5 Å². The lowest BCUT2D eigenvalue weighted by molar-refractivity contribution is 0.0862. The van der Waals surface area contributed by atoms with Gasteiger partial charge in [-0.1, -0.05) is 0 Å². The number of benzene rings is 2. The maximum atomic E-state index is 13.4. The summed E-state index contributed by atoms with van der Waals surface area (Å²) in [5.74, 6) is -0.438. The van der Waals surface area contributed by atoms with E-state index in [4.69, 9.17) is 4.74 Å². The maximum absolute atomic E-state index is 13.4. The van der Waals surface area contributed by atoms with Crippen LogP contribution in [-0.4, -0.2) is 102 Å². The van der Waals surface area contributed by atoms with E-state index < -0.39 is 49.1 Å². The number of hydrogen-bond acceptors (Lipinski definition) is 8. The molecule has 2 amide bonds. The zero-order valence-electron chi connectivity index (χ0n) is 24.2. The molecule has 5 unspecified atom stereocenters. The lowest BCUT2D eigenvalue weighted by Gasteiger charge is -2.23. The predicted molar refractivity (Wildman–Crippen MR) is 176 cm³/mol. The third kappa shape index (κ3) is 11.0. The first kappa shape index (κ1) is 34.7. The molecular weight excluding hydrogens is 602 g/mol. The number of sulfonamides is 1. The van der Waals surface area contributed by atoms with E-state index in [0.29, 0.717) is 6.16 Å². The van der Waals surface area contributed by atoms with Crippen LogP contribution in [0.1, 0.15) is 27.6 Å². The normalized spacial score (nSPS) is 14.3. The Kier molecular flexibility index (Phi) is 13.3. The van der Waals surface area contributed by atoms with Crippen molar-refractivity contribution in [2.45, 2.75) is 29.7 Å². The van der Waals surface area contributed by atoms with Crippen LogP contribution in [0.3, 0.4) is 0 Å². The zero-order chi connectivity index (χ0) is 30.9. The van der Waals surface area contributed by atoms with Crippen molar-refractivity contribution in [3.8, 4) is 5.75 Å². The number of hydrogen-bond donors (Lipinski definition) is 4. The molecular formula is C27H40N4O6P2S2+2. The molecule has 0 fully saturated rings. The van der Waals surface area contributed by atoms with Crippen molar-refractivity contribution in [1.29, 1.82) is 0 Å². The van der Waals surface area contributed by atoms with E-state index in [-0.39, 0.29) is 29.1 Å². The van der Waals surface area contributed by atoms with Gasteiger partial charge in [-0.15, -0.1) is 0 Å². The number of nitrogens with one attached hydrogen (secondary N) is 3. The average Bonchev–Trinajstić information content (AvgIpc) is 2.91. The van der Waals surface area contributed by atoms with Crippen LogP contribution < -0.4 is 24.4 Å². The second kappa shape index (κ2) is 15.7. The fourth-order valence-electron chi connectivity index (χ4n) is 3.48. The summed E-state index contributed by atoms with van der Waals surface area (Å²) in [6.45, 7) is 5.88. The van der Waals surface area contributed by atoms with Gasteiger partial charge in [0.2, 0.25) is 10.0 Å². The van der Waals surface area contributed by atoms with E-state index in [9.17, 15) is 23.1 Å². The molecule has 2 aromatic rings. The van der Waals surface area contributed by atoms with Crippen LogP contribution in [0.25, 0.3) is 0 Å². The first-order valence-electron chi connectivity index (χ1n) is 12.6. The average molecular weight is 643 g/mol. The topological polar surface area (TPSA) is 137 Å². The van der Waals surface area contributed by atoms with Gasteiger partial charge in [0.05, 0.1) is 64.7 Å². The summed E-state index contributed by atoms with van der Waals surface area (Å²) >= 11 is 1.34. The van der Waals surface area contributed by atoms with Crippen LogP contribution >= 0.6 is 27.0 Å². The molecule has 0 aliphatic rings. The van der Waals surface area contributed by atoms with E-state index in [0.717, 1.165) is 21.2 Å². The van der Waals surface area contributed by atoms with Crippen molar-refractivity contribution in [2.24, 2.45) is 0 Å². The van der Waals surface area contributed by atoms with E-state index in [1.54, 1.807) is 7.11 Å². The number of carbonyl (C=O) groups excluding carboxylic acids is 2. The summed E-state index contributed by atoms with van der Waals surface area (Å²) in [6.07, 6.45) is 8.60. The number of anilines is 1. The molecule has 10 nitrogen and oxygen atoms in total. The highest BCUT2D eigenvalue weighted by molar-refractivity contribution is 7.97. The van der Waals surface area contributed by atoms with Crippen LogP contribution in [0.2, 0.25) is 0 Å². The summed E-state index contributed by atoms with van der Waals surface area (Å²) in [5.41, 5.74) is 0.388. The molecule has 4 N–H and O–H groups in total. The van der Waals surface area contributed by atoms with Gasteiger partial charge >= 0.3 is 0 Å². The largest absolute Gasteiger partial charge is 0.497 e. The van der Waals surface area contributed by atoms with Crippen molar-refractivity contribution in [2.75, 3.05) is 50.8 Å². The Hall–Kier alpha value is -2.46. The molecule has 0 spiro atoms. The Bertz CT molecular complexity index is 1370. The number of ether oxygens (including phenoxy) is 1. The van der Waals surface area contributed by atoms with Crippen LogP contribution in [-0.2, 0) is 10.0 Å². The number of carbonyl (C=O) groups is 2. The second-order valence-corrected chi connectivity index (χ2v) is 17.1. The number of aliphatic hydroxyl groups excluding tert-OH is 1. The molecule has 41 heavy (non-hydrogen) atoms. The molecule has 0 radical (unpaired) electrons. The monoisotopic (exact) mass is 642 g/mol. The second-order valence-electron chi connectivity index (χ2n) is 9.72. The maximum Gasteiger partial charge on any atom is 0.254 e. The first-order valence-corrected chi connectivity index (χ1v) is 19.5. The lowest BCUT2D eigenvalue weighted by Crippen LogP contribution is -2.48. The first-order chi connectivity index (χ1) is 19.1. The summed E-state index contributed by atoms with van der Waals surface area (Å²) in [4.78, 5) is 27.4. The SMILES string of the molecule is C=[P+](C)CC(NC(=O)c1cc(C(=O)NC(C)[P+](=C)C)cc(N(C)S(C)(=O)=O)c1)C(O)CNSc1ccc(OC)cc1. The van der Waals surface area contributed by atoms with Crippen molar-refractivity contribution in [3.63, 3.8) is 0 Å². The molecule has 5 atom stereocenters. The Morgan fingerprint density at radius 3 is 2.12 bits per heavy atom. The van der Waals surface area contributed by atoms with Gasteiger partial charge in [0, 0.05) is 29.6 Å². The predicted octanol–water partition coefficient (Wildman–Crippen LogP) is 3.01. The Labute approximate surface area is 249 Å². The van der Waals surface area contributed by atoms with Gasteiger partial charge in [0.1, 0.15) is 19.5 Å². The zero-order valence-corrected chi connectivity index (χ0v) is 27.7. The molecule has 0 saturated carbocycles. The summed E-state index contributed by atoms with van der Waals surface area (Å²) in [6, 6.07) is 11.1. The summed E-state index contributed by atoms with van der Waals surface area (Å²) in [5, 5.41) is 16.7. The number of aliphatic hydroxyl groups is 1. The lowest BCUT2D eigenvalue weighted by atomic mass is 10.1. The van der Waals surface area contributed by atoms with E-state index >= 15 is 0 Å². The molecule has 0 aliphatic heterocycles. The minimum atomic E-state index is -3.67. The molecule has 0 saturated heterocycles. The summed E-state index contributed by atoms with van der Waals surface area (Å²) < 4.78 is 33.8. The van der Waals surface area contributed by atoms with Crippen molar-refractivity contribution in [3.05, 3.63) is 53.6 Å². The highest BCUT2D eigenvalue weighted by atomic mass is 32.2. The summed E-state index contributed by atoms with van der Waals surface area (Å²) in [7, 11) is -2.16. The van der Waals surface area contributed by atoms with Crippen LogP contribution in [0.15, 0.2) is 47.4 Å². The smallest absolute Gasteiger partial charge is 0.254 e.